The van der Waals surface area contributed by atoms with Crippen LogP contribution in [0.15, 0.2) is 65.5 Å². The summed E-state index contributed by atoms with van der Waals surface area (Å²) < 4.78 is 28.9. The number of carbonyl (C=O) groups is 1. The number of aryl methyl sites for hydroxylation is 1. The van der Waals surface area contributed by atoms with E-state index in [9.17, 15) is 18.4 Å². The Morgan fingerprint density at radius 1 is 1.10 bits per heavy atom. The van der Waals surface area contributed by atoms with E-state index in [0.717, 1.165) is 11.3 Å². The number of rotatable bonds is 8. The van der Waals surface area contributed by atoms with Crippen molar-refractivity contribution in [1.82, 2.24) is 15.0 Å². The first kappa shape index (κ1) is 27.8. The number of nitrogens with one attached hydrogen (secondary N) is 2. The summed E-state index contributed by atoms with van der Waals surface area (Å²) in [7, 11) is 1.94. The highest BCUT2D eigenvalue weighted by molar-refractivity contribution is 5.79. The van der Waals surface area contributed by atoms with Gasteiger partial charge in [-0.1, -0.05) is 6.07 Å². The van der Waals surface area contributed by atoms with Crippen LogP contribution in [-0.4, -0.2) is 39.4 Å². The summed E-state index contributed by atoms with van der Waals surface area (Å²) in [6.45, 7) is 1.99. The Balaban J connectivity index is 1.30. The van der Waals surface area contributed by atoms with Crippen molar-refractivity contribution >= 4 is 28.2 Å². The SMILES string of the molecule is CN1c2ccc(F)cc2NC1C1(C)CC(c2ccc3c(=O)n(-c4ccc(F)cc4)c(CCCCC(=O)O)nc3c2)NO1. The first-order valence-corrected chi connectivity index (χ1v) is 13.9. The van der Waals surface area contributed by atoms with Crippen molar-refractivity contribution in [2.75, 3.05) is 17.3 Å². The maximum absolute atomic E-state index is 13.8. The van der Waals surface area contributed by atoms with Crippen LogP contribution < -0.4 is 21.3 Å². The van der Waals surface area contributed by atoms with Gasteiger partial charge in [0, 0.05) is 26.3 Å². The van der Waals surface area contributed by atoms with Crippen LogP contribution in [0.4, 0.5) is 20.2 Å². The van der Waals surface area contributed by atoms with Crippen molar-refractivity contribution in [1.29, 1.82) is 0 Å². The molecule has 3 N–H and O–H groups in total. The van der Waals surface area contributed by atoms with Gasteiger partial charge in [0.2, 0.25) is 0 Å². The number of halogens is 2. The van der Waals surface area contributed by atoms with E-state index in [0.29, 0.717) is 53.8 Å². The van der Waals surface area contributed by atoms with Gasteiger partial charge in [-0.3, -0.25) is 19.0 Å². The molecule has 0 radical (unpaired) electrons. The molecule has 4 aromatic rings. The molecule has 42 heavy (non-hydrogen) atoms. The molecular formula is C31H31F2N5O4. The molecule has 0 aliphatic carbocycles. The van der Waals surface area contributed by atoms with Crippen LogP contribution in [0.2, 0.25) is 0 Å². The van der Waals surface area contributed by atoms with Crippen LogP contribution in [-0.2, 0) is 16.1 Å². The lowest BCUT2D eigenvalue weighted by atomic mass is 9.91. The minimum atomic E-state index is -0.879. The molecule has 3 heterocycles. The quantitative estimate of drug-likeness (QED) is 0.250. The maximum atomic E-state index is 13.8. The molecule has 0 saturated carbocycles. The second kappa shape index (κ2) is 10.8. The van der Waals surface area contributed by atoms with Crippen molar-refractivity contribution < 1.29 is 23.5 Å². The van der Waals surface area contributed by atoms with Gasteiger partial charge in [-0.2, -0.15) is 5.48 Å². The van der Waals surface area contributed by atoms with Gasteiger partial charge in [0.25, 0.3) is 5.56 Å². The molecule has 1 fully saturated rings. The van der Waals surface area contributed by atoms with E-state index in [-0.39, 0.29) is 30.0 Å². The highest BCUT2D eigenvalue weighted by atomic mass is 19.1. The lowest BCUT2D eigenvalue weighted by Crippen LogP contribution is -2.51. The number of fused-ring (bicyclic) bond motifs is 2. The van der Waals surface area contributed by atoms with E-state index in [1.165, 1.54) is 41.0 Å². The molecule has 3 unspecified atom stereocenters. The van der Waals surface area contributed by atoms with Crippen molar-refractivity contribution in [3.63, 3.8) is 0 Å². The Hall–Kier alpha value is -4.35. The fraction of sp³-hybridized carbons (Fsp3) is 0.323. The normalized spacial score (nSPS) is 21.5. The van der Waals surface area contributed by atoms with Gasteiger partial charge in [-0.15, -0.1) is 0 Å². The Morgan fingerprint density at radius 3 is 2.62 bits per heavy atom. The molecule has 1 aromatic heterocycles. The molecule has 3 aromatic carbocycles. The Labute approximate surface area is 240 Å². The highest BCUT2D eigenvalue weighted by Gasteiger charge is 2.48. The molecule has 2 aliphatic rings. The van der Waals surface area contributed by atoms with Crippen LogP contribution in [0.5, 0.6) is 0 Å². The van der Waals surface area contributed by atoms with Gasteiger partial charge in [0.1, 0.15) is 29.2 Å². The molecule has 11 heteroatoms. The summed E-state index contributed by atoms with van der Waals surface area (Å²) in [5.41, 5.74) is 5.68. The highest BCUT2D eigenvalue weighted by Crippen LogP contribution is 2.43. The lowest BCUT2D eigenvalue weighted by molar-refractivity contribution is -0.137. The predicted molar refractivity (Wildman–Crippen MR) is 155 cm³/mol. The zero-order valence-corrected chi connectivity index (χ0v) is 23.2. The van der Waals surface area contributed by atoms with Crippen LogP contribution in [0.25, 0.3) is 16.6 Å². The summed E-state index contributed by atoms with van der Waals surface area (Å²) in [4.78, 5) is 37.7. The van der Waals surface area contributed by atoms with Crippen LogP contribution in [0.3, 0.4) is 0 Å². The summed E-state index contributed by atoms with van der Waals surface area (Å²) >= 11 is 0. The molecule has 6 rings (SSSR count). The minimum Gasteiger partial charge on any atom is -0.481 e. The van der Waals surface area contributed by atoms with Gasteiger partial charge in [0.05, 0.1) is 34.0 Å². The van der Waals surface area contributed by atoms with Crippen LogP contribution in [0, 0.1) is 11.6 Å². The van der Waals surface area contributed by atoms with E-state index in [4.69, 9.17) is 14.9 Å². The first-order chi connectivity index (χ1) is 20.1. The third kappa shape index (κ3) is 5.10. The molecule has 218 valence electrons. The molecule has 9 nitrogen and oxygen atoms in total. The molecule has 3 atom stereocenters. The number of anilines is 2. The Bertz CT molecular complexity index is 1730. The fourth-order valence-corrected chi connectivity index (χ4v) is 5.97. The molecule has 2 aliphatic heterocycles. The number of carboxylic acids is 1. The van der Waals surface area contributed by atoms with Crippen LogP contribution in [0.1, 0.15) is 50.0 Å². The number of benzene rings is 3. The van der Waals surface area contributed by atoms with Gasteiger partial charge in [-0.05, 0) is 79.9 Å². The van der Waals surface area contributed by atoms with Gasteiger partial charge in [-0.25, -0.2) is 13.8 Å². The zero-order chi connectivity index (χ0) is 29.6. The van der Waals surface area contributed by atoms with Crippen molar-refractivity contribution in [2.24, 2.45) is 0 Å². The monoisotopic (exact) mass is 575 g/mol. The molecule has 1 saturated heterocycles. The predicted octanol–water partition coefficient (Wildman–Crippen LogP) is 5.07. The minimum absolute atomic E-state index is 0.0235. The number of carboxylic acid groups (broad SMARTS) is 1. The number of aliphatic carboxylic acids is 1. The third-order valence-electron chi connectivity index (χ3n) is 8.13. The summed E-state index contributed by atoms with van der Waals surface area (Å²) in [6.07, 6.45) is 1.71. The number of nitrogens with zero attached hydrogens (tertiary/aromatic N) is 3. The topological polar surface area (TPSA) is 109 Å². The van der Waals surface area contributed by atoms with Crippen molar-refractivity contribution in [3.05, 3.63) is 94.0 Å². The van der Waals surface area contributed by atoms with Crippen molar-refractivity contribution in [2.45, 2.75) is 56.8 Å². The Morgan fingerprint density at radius 2 is 1.86 bits per heavy atom. The second-order valence-electron chi connectivity index (χ2n) is 11.1. The van der Waals surface area contributed by atoms with Gasteiger partial charge < -0.3 is 15.3 Å². The average molecular weight is 576 g/mol. The zero-order valence-electron chi connectivity index (χ0n) is 23.2. The largest absolute Gasteiger partial charge is 0.481 e. The van der Waals surface area contributed by atoms with E-state index in [1.54, 1.807) is 12.1 Å². The summed E-state index contributed by atoms with van der Waals surface area (Å²) in [6, 6.07) is 15.6. The number of hydrogen-bond acceptors (Lipinski definition) is 7. The fourth-order valence-electron chi connectivity index (χ4n) is 5.97. The Kier molecular flexibility index (Phi) is 7.15. The maximum Gasteiger partial charge on any atom is 0.303 e. The number of aromatic nitrogens is 2. The average Bonchev–Trinajstić information content (AvgIpc) is 3.52. The number of unbranched alkanes of at least 4 members (excludes halogenated alkanes) is 1. The smallest absolute Gasteiger partial charge is 0.303 e. The third-order valence-corrected chi connectivity index (χ3v) is 8.13. The molecule has 0 spiro atoms. The van der Waals surface area contributed by atoms with Crippen LogP contribution >= 0.6 is 0 Å². The van der Waals surface area contributed by atoms with E-state index >= 15 is 0 Å². The van der Waals surface area contributed by atoms with E-state index in [2.05, 4.69) is 10.8 Å². The first-order valence-electron chi connectivity index (χ1n) is 13.9. The lowest BCUT2D eigenvalue weighted by Gasteiger charge is -2.34. The van der Waals surface area contributed by atoms with E-state index in [1.807, 2.05) is 31.0 Å². The van der Waals surface area contributed by atoms with E-state index < -0.39 is 17.4 Å². The molecular weight excluding hydrogens is 544 g/mol. The summed E-state index contributed by atoms with van der Waals surface area (Å²) in [5, 5.41) is 12.8. The standard InChI is InChI=1S/C31H31F2N5O4/c1-31(30-35-24-16-20(33)10-14-26(24)37(30)2)17-25(36-42-31)18-7-13-22-23(15-18)34-27(5-3-4-6-28(39)40)38(29(22)41)21-11-8-19(32)9-12-21/h7-16,25,30,35-36H,3-6,17H2,1-2H3,(H,39,40). The molecule has 0 bridgehead atoms. The van der Waals surface area contributed by atoms with Gasteiger partial charge >= 0.3 is 5.97 Å². The molecule has 0 amide bonds. The number of hydroxylamine groups is 1. The number of likely N-dealkylation sites (N-methyl/N-ethyl adjacent to an activating group) is 1. The second-order valence-corrected chi connectivity index (χ2v) is 11.1. The van der Waals surface area contributed by atoms with Crippen molar-refractivity contribution in [3.8, 4) is 5.69 Å². The van der Waals surface area contributed by atoms with Gasteiger partial charge in [0.15, 0.2) is 0 Å². The summed E-state index contributed by atoms with van der Waals surface area (Å²) in [5.74, 6) is -1.13. The number of hydrogen-bond donors (Lipinski definition) is 3.